The average Bonchev–Trinajstić information content (AvgIpc) is 2.49. The van der Waals surface area contributed by atoms with Gasteiger partial charge in [-0.2, -0.15) is 0 Å². The molecule has 0 amide bonds. The molecule has 0 aromatic heterocycles. The van der Waals surface area contributed by atoms with Crippen LogP contribution in [0.3, 0.4) is 0 Å². The minimum absolute atomic E-state index is 0.131. The minimum Gasteiger partial charge on any atom is -0.415 e. The first-order valence-electron chi connectivity index (χ1n) is 8.15. The van der Waals surface area contributed by atoms with E-state index >= 15 is 0 Å². The number of ether oxygens (including phenoxy) is 5. The zero-order valence-corrected chi connectivity index (χ0v) is 15.8. The van der Waals surface area contributed by atoms with E-state index in [9.17, 15) is 4.39 Å². The van der Waals surface area contributed by atoms with Gasteiger partial charge < -0.3 is 28.1 Å². The summed E-state index contributed by atoms with van der Waals surface area (Å²) in [7, 11) is -1.43. The third-order valence-corrected chi connectivity index (χ3v) is 3.54. The van der Waals surface area contributed by atoms with Crippen LogP contribution < -0.4 is 0 Å². The van der Waals surface area contributed by atoms with Gasteiger partial charge in [0.2, 0.25) is 0 Å². The van der Waals surface area contributed by atoms with E-state index in [2.05, 4.69) is 19.6 Å². The highest BCUT2D eigenvalue weighted by Gasteiger charge is 2.12. The lowest BCUT2D eigenvalue weighted by molar-refractivity contribution is -0.0134. The van der Waals surface area contributed by atoms with Gasteiger partial charge in [-0.05, 0) is 19.6 Å². The molecule has 0 aliphatic heterocycles. The summed E-state index contributed by atoms with van der Waals surface area (Å²) in [5.41, 5.74) is 0. The summed E-state index contributed by atoms with van der Waals surface area (Å²) in [4.78, 5) is 0. The van der Waals surface area contributed by atoms with Gasteiger partial charge >= 0.3 is 0 Å². The molecule has 0 aliphatic rings. The topological polar surface area (TPSA) is 55.4 Å². The van der Waals surface area contributed by atoms with Crippen molar-refractivity contribution >= 4 is 8.32 Å². The Bertz CT molecular complexity index is 240. The van der Waals surface area contributed by atoms with Crippen LogP contribution in [0.25, 0.3) is 0 Å². The van der Waals surface area contributed by atoms with Crippen LogP contribution in [0.1, 0.15) is 0 Å². The van der Waals surface area contributed by atoms with Crippen LogP contribution in [-0.2, 0) is 28.1 Å². The van der Waals surface area contributed by atoms with E-state index in [-0.39, 0.29) is 6.61 Å². The highest BCUT2D eigenvalue weighted by Crippen LogP contribution is 2.01. The van der Waals surface area contributed by atoms with Crippen molar-refractivity contribution in [2.45, 2.75) is 19.6 Å². The van der Waals surface area contributed by atoms with Gasteiger partial charge in [-0.15, -0.1) is 0 Å². The van der Waals surface area contributed by atoms with Gasteiger partial charge in [-0.25, -0.2) is 4.39 Å². The molecule has 0 fully saturated rings. The first kappa shape index (κ1) is 22.9. The summed E-state index contributed by atoms with van der Waals surface area (Å²) in [5.74, 6) is 0. The van der Waals surface area contributed by atoms with E-state index in [0.717, 1.165) is 0 Å². The summed E-state index contributed by atoms with van der Waals surface area (Å²) < 4.78 is 43.7. The Morgan fingerprint density at radius 2 is 0.826 bits per heavy atom. The maximum Gasteiger partial charge on any atom is 0.183 e. The maximum atomic E-state index is 11.7. The number of alkyl halides is 1. The van der Waals surface area contributed by atoms with E-state index in [0.29, 0.717) is 66.1 Å². The van der Waals surface area contributed by atoms with Crippen LogP contribution in [0.2, 0.25) is 19.6 Å². The van der Waals surface area contributed by atoms with Crippen molar-refractivity contribution in [2.75, 3.05) is 79.4 Å². The molecule has 0 N–H and O–H groups in total. The first-order valence-corrected chi connectivity index (χ1v) is 11.6. The molecule has 6 nitrogen and oxygen atoms in total. The second-order valence-corrected chi connectivity index (χ2v) is 10.2. The Balaban J connectivity index is 3.00. The average molecular weight is 357 g/mol. The van der Waals surface area contributed by atoms with Crippen molar-refractivity contribution in [1.29, 1.82) is 0 Å². The summed E-state index contributed by atoms with van der Waals surface area (Å²) in [5, 5.41) is 0. The minimum atomic E-state index is -1.43. The van der Waals surface area contributed by atoms with E-state index in [1.807, 2.05) is 0 Å². The van der Waals surface area contributed by atoms with Gasteiger partial charge in [0.1, 0.15) is 6.67 Å². The molecule has 0 spiro atoms. The molecule has 0 unspecified atom stereocenters. The second-order valence-electron chi connectivity index (χ2n) is 5.71. The molecule has 0 atom stereocenters. The van der Waals surface area contributed by atoms with E-state index in [1.54, 1.807) is 0 Å². The molecular formula is C15H33FO6Si. The van der Waals surface area contributed by atoms with Gasteiger partial charge in [0, 0.05) is 0 Å². The second kappa shape index (κ2) is 16.8. The monoisotopic (exact) mass is 356 g/mol. The van der Waals surface area contributed by atoms with Crippen LogP contribution in [0.15, 0.2) is 0 Å². The predicted octanol–water partition coefficient (Wildman–Crippen LogP) is 1.89. The maximum absolute atomic E-state index is 11.7. The molecule has 0 saturated carbocycles. The normalized spacial score (nSPS) is 12.0. The third-order valence-electron chi connectivity index (χ3n) is 2.47. The Labute approximate surface area is 140 Å². The van der Waals surface area contributed by atoms with Crippen molar-refractivity contribution in [3.8, 4) is 0 Å². The fourth-order valence-electron chi connectivity index (χ4n) is 1.44. The van der Waals surface area contributed by atoms with Crippen molar-refractivity contribution in [3.05, 3.63) is 0 Å². The van der Waals surface area contributed by atoms with Gasteiger partial charge in [0.25, 0.3) is 0 Å². The molecule has 0 rings (SSSR count). The molecular weight excluding hydrogens is 323 g/mol. The molecule has 0 aromatic carbocycles. The number of hydrogen-bond donors (Lipinski definition) is 0. The standard InChI is InChI=1S/C15H33FO6Si/c1-23(2,3)22-15-14-21-13-12-20-11-10-19-9-8-18-7-6-17-5-4-16/h4-15H2,1-3H3. The van der Waals surface area contributed by atoms with Gasteiger partial charge in [0.05, 0.1) is 72.7 Å². The van der Waals surface area contributed by atoms with E-state index < -0.39 is 15.0 Å². The van der Waals surface area contributed by atoms with Crippen LogP contribution in [-0.4, -0.2) is 87.7 Å². The zero-order chi connectivity index (χ0) is 17.2. The molecule has 0 radical (unpaired) electrons. The van der Waals surface area contributed by atoms with Gasteiger partial charge in [-0.3, -0.25) is 0 Å². The smallest absolute Gasteiger partial charge is 0.183 e. The van der Waals surface area contributed by atoms with E-state index in [4.69, 9.17) is 28.1 Å². The SMILES string of the molecule is C[Si](C)(C)OCCOCCOCCOCCOCCOCCF. The molecule has 8 heteroatoms. The van der Waals surface area contributed by atoms with Crippen molar-refractivity contribution < 1.29 is 32.5 Å². The number of halogens is 1. The Morgan fingerprint density at radius 3 is 1.13 bits per heavy atom. The molecule has 0 aromatic rings. The lowest BCUT2D eigenvalue weighted by Gasteiger charge is -2.16. The molecule has 0 heterocycles. The quantitative estimate of drug-likeness (QED) is 0.276. The lowest BCUT2D eigenvalue weighted by atomic mass is 10.7. The molecule has 0 saturated heterocycles. The molecule has 140 valence electrons. The largest absolute Gasteiger partial charge is 0.415 e. The number of hydrogen-bond acceptors (Lipinski definition) is 6. The zero-order valence-electron chi connectivity index (χ0n) is 14.8. The summed E-state index contributed by atoms with van der Waals surface area (Å²) in [6.07, 6.45) is 0. The lowest BCUT2D eigenvalue weighted by Crippen LogP contribution is -2.27. The van der Waals surface area contributed by atoms with Crippen molar-refractivity contribution in [1.82, 2.24) is 0 Å². The van der Waals surface area contributed by atoms with Crippen LogP contribution in [0.4, 0.5) is 4.39 Å². The summed E-state index contributed by atoms with van der Waals surface area (Å²) in [6, 6.07) is 0. The van der Waals surface area contributed by atoms with E-state index in [1.165, 1.54) is 0 Å². The number of rotatable bonds is 18. The molecule has 0 bridgehead atoms. The van der Waals surface area contributed by atoms with Crippen LogP contribution in [0.5, 0.6) is 0 Å². The van der Waals surface area contributed by atoms with Crippen LogP contribution in [0, 0.1) is 0 Å². The molecule has 23 heavy (non-hydrogen) atoms. The summed E-state index contributed by atoms with van der Waals surface area (Å²) in [6.45, 7) is 11.5. The fraction of sp³-hybridized carbons (Fsp3) is 1.00. The first-order chi connectivity index (χ1) is 11.1. The highest BCUT2D eigenvalue weighted by molar-refractivity contribution is 6.69. The predicted molar refractivity (Wildman–Crippen MR) is 89.4 cm³/mol. The van der Waals surface area contributed by atoms with Crippen molar-refractivity contribution in [2.24, 2.45) is 0 Å². The van der Waals surface area contributed by atoms with Gasteiger partial charge in [0.15, 0.2) is 8.32 Å². The third kappa shape index (κ3) is 21.9. The molecule has 0 aliphatic carbocycles. The van der Waals surface area contributed by atoms with Crippen LogP contribution >= 0.6 is 0 Å². The Kier molecular flexibility index (Phi) is 16.7. The highest BCUT2D eigenvalue weighted by atomic mass is 28.4. The van der Waals surface area contributed by atoms with Gasteiger partial charge in [-0.1, -0.05) is 0 Å². The summed E-state index contributed by atoms with van der Waals surface area (Å²) >= 11 is 0. The Morgan fingerprint density at radius 1 is 0.522 bits per heavy atom. The fourth-order valence-corrected chi connectivity index (χ4v) is 2.14. The van der Waals surface area contributed by atoms with Crippen molar-refractivity contribution in [3.63, 3.8) is 0 Å². The Hall–Kier alpha value is -0.0931.